The van der Waals surface area contributed by atoms with Gasteiger partial charge in [-0.1, -0.05) is 5.92 Å². The lowest BCUT2D eigenvalue weighted by Crippen LogP contribution is -2.14. The summed E-state index contributed by atoms with van der Waals surface area (Å²) in [4.78, 5) is 0. The third-order valence-electron chi connectivity index (χ3n) is 2.39. The molecule has 0 amide bonds. The van der Waals surface area contributed by atoms with E-state index < -0.39 is 12.6 Å². The van der Waals surface area contributed by atoms with Crippen LogP contribution in [0.4, 0.5) is 13.2 Å². The summed E-state index contributed by atoms with van der Waals surface area (Å²) in [5.74, 6) is 2.29. The highest BCUT2D eigenvalue weighted by atomic mass is 79.9. The second-order valence-corrected chi connectivity index (χ2v) is 4.41. The molecule has 0 fully saturated rings. The maximum absolute atomic E-state index is 12.5. The monoisotopic (exact) mass is 301 g/mol. The Labute approximate surface area is 104 Å². The van der Waals surface area contributed by atoms with E-state index in [9.17, 15) is 13.2 Å². The molecule has 5 heteroatoms. The van der Waals surface area contributed by atoms with Crippen LogP contribution in [0.2, 0.25) is 0 Å². The molecule has 2 heterocycles. The van der Waals surface area contributed by atoms with Gasteiger partial charge in [0.15, 0.2) is 0 Å². The van der Waals surface area contributed by atoms with Gasteiger partial charge in [-0.2, -0.15) is 13.2 Å². The van der Waals surface area contributed by atoms with Crippen LogP contribution in [0.25, 0.3) is 5.52 Å². The van der Waals surface area contributed by atoms with Crippen molar-refractivity contribution >= 4 is 21.4 Å². The maximum atomic E-state index is 12.5. The first kappa shape index (κ1) is 12.1. The van der Waals surface area contributed by atoms with E-state index in [4.69, 9.17) is 6.42 Å². The summed E-state index contributed by atoms with van der Waals surface area (Å²) < 4.78 is 39.6. The molecule has 2 rings (SSSR count). The quantitative estimate of drug-likeness (QED) is 0.706. The van der Waals surface area contributed by atoms with Crippen molar-refractivity contribution in [1.29, 1.82) is 0 Å². The summed E-state index contributed by atoms with van der Waals surface area (Å²) in [6.45, 7) is 0. The molecule has 0 bridgehead atoms. The SMILES string of the molecule is C#Cc1cc2c(Br)cccn2c1CC(F)(F)F. The zero-order valence-corrected chi connectivity index (χ0v) is 10.1. The largest absolute Gasteiger partial charge is 0.394 e. The van der Waals surface area contributed by atoms with E-state index in [0.717, 1.165) is 0 Å². The molecule has 2 aromatic rings. The van der Waals surface area contributed by atoms with Gasteiger partial charge in [0, 0.05) is 21.9 Å². The van der Waals surface area contributed by atoms with Crippen molar-refractivity contribution in [2.75, 3.05) is 0 Å². The van der Waals surface area contributed by atoms with Gasteiger partial charge in [0.1, 0.15) is 0 Å². The predicted octanol–water partition coefficient (Wildman–Crippen LogP) is 3.79. The van der Waals surface area contributed by atoms with Crippen LogP contribution in [0.1, 0.15) is 11.3 Å². The van der Waals surface area contributed by atoms with Crippen molar-refractivity contribution in [2.24, 2.45) is 0 Å². The highest BCUT2D eigenvalue weighted by molar-refractivity contribution is 9.10. The zero-order chi connectivity index (χ0) is 12.6. The molecule has 0 saturated carbocycles. The molecule has 88 valence electrons. The third kappa shape index (κ3) is 2.32. The standard InChI is InChI=1S/C12H7BrF3N/c1-2-8-6-10-9(13)4-3-5-17(10)11(8)7-12(14,15)16/h1,3-6H,7H2. The van der Waals surface area contributed by atoms with E-state index in [-0.39, 0.29) is 11.3 Å². The van der Waals surface area contributed by atoms with Gasteiger partial charge in [-0.05, 0) is 34.1 Å². The number of nitrogens with zero attached hydrogens (tertiary/aromatic N) is 1. The Morgan fingerprint density at radius 1 is 1.41 bits per heavy atom. The molecular formula is C12H7BrF3N. The second-order valence-electron chi connectivity index (χ2n) is 3.55. The molecule has 0 aliphatic heterocycles. The van der Waals surface area contributed by atoms with Crippen molar-refractivity contribution in [1.82, 2.24) is 4.40 Å². The van der Waals surface area contributed by atoms with E-state index in [1.54, 1.807) is 24.4 Å². The summed E-state index contributed by atoms with van der Waals surface area (Å²) in [5.41, 5.74) is 1.00. The highest BCUT2D eigenvalue weighted by Crippen LogP contribution is 2.28. The van der Waals surface area contributed by atoms with E-state index in [1.807, 2.05) is 0 Å². The van der Waals surface area contributed by atoms with Crippen molar-refractivity contribution in [3.8, 4) is 12.3 Å². The topological polar surface area (TPSA) is 4.41 Å². The highest BCUT2D eigenvalue weighted by Gasteiger charge is 2.30. The van der Waals surface area contributed by atoms with Gasteiger partial charge >= 0.3 is 6.18 Å². The molecule has 0 spiro atoms. The minimum absolute atomic E-state index is 0.0938. The van der Waals surface area contributed by atoms with Crippen molar-refractivity contribution in [3.63, 3.8) is 0 Å². The summed E-state index contributed by atoms with van der Waals surface area (Å²) in [7, 11) is 0. The lowest BCUT2D eigenvalue weighted by Gasteiger charge is -2.08. The number of rotatable bonds is 1. The Morgan fingerprint density at radius 2 is 2.12 bits per heavy atom. The molecule has 0 radical (unpaired) electrons. The molecule has 0 aliphatic carbocycles. The number of aromatic nitrogens is 1. The van der Waals surface area contributed by atoms with Crippen molar-refractivity contribution in [3.05, 3.63) is 40.1 Å². The van der Waals surface area contributed by atoms with Crippen LogP contribution in [0, 0.1) is 12.3 Å². The van der Waals surface area contributed by atoms with Crippen molar-refractivity contribution < 1.29 is 13.2 Å². The summed E-state index contributed by atoms with van der Waals surface area (Å²) in [6, 6.07) is 5.00. The van der Waals surface area contributed by atoms with E-state index >= 15 is 0 Å². The number of fused-ring (bicyclic) bond motifs is 1. The average Bonchev–Trinajstić information content (AvgIpc) is 2.56. The Bertz CT molecular complexity index is 604. The van der Waals surface area contributed by atoms with Gasteiger partial charge in [0.05, 0.1) is 11.9 Å². The van der Waals surface area contributed by atoms with Crippen LogP contribution < -0.4 is 0 Å². The summed E-state index contributed by atoms with van der Waals surface area (Å²) >= 11 is 3.28. The second kappa shape index (κ2) is 4.11. The minimum Gasteiger partial charge on any atom is -0.318 e. The van der Waals surface area contributed by atoms with Crippen LogP contribution in [0.3, 0.4) is 0 Å². The fraction of sp³-hybridized carbons (Fsp3) is 0.167. The van der Waals surface area contributed by atoms with Crippen LogP contribution in [-0.4, -0.2) is 10.6 Å². The van der Waals surface area contributed by atoms with Gasteiger partial charge < -0.3 is 4.40 Å². The first-order chi connectivity index (χ1) is 7.92. The minimum atomic E-state index is -4.28. The molecule has 0 unspecified atom stereocenters. The molecule has 1 nitrogen and oxygen atoms in total. The van der Waals surface area contributed by atoms with Gasteiger partial charge in [-0.25, -0.2) is 0 Å². The van der Waals surface area contributed by atoms with Crippen molar-refractivity contribution in [2.45, 2.75) is 12.6 Å². The number of alkyl halides is 3. The predicted molar refractivity (Wildman–Crippen MR) is 62.8 cm³/mol. The zero-order valence-electron chi connectivity index (χ0n) is 8.55. The van der Waals surface area contributed by atoms with E-state index in [1.165, 1.54) is 4.40 Å². The number of halogens is 4. The fourth-order valence-corrected chi connectivity index (χ4v) is 2.17. The Balaban J connectivity index is 2.68. The summed E-state index contributed by atoms with van der Waals surface area (Å²) in [5, 5.41) is 0. The maximum Gasteiger partial charge on any atom is 0.394 e. The molecule has 17 heavy (non-hydrogen) atoms. The molecular weight excluding hydrogens is 295 g/mol. The van der Waals surface area contributed by atoms with Gasteiger partial charge in [0.25, 0.3) is 0 Å². The molecule has 0 saturated heterocycles. The Hall–Kier alpha value is -1.41. The Kier molecular flexibility index (Phi) is 2.92. The number of terminal acetylenes is 1. The number of hydrogen-bond acceptors (Lipinski definition) is 0. The van der Waals surface area contributed by atoms with Crippen LogP contribution in [0.5, 0.6) is 0 Å². The van der Waals surface area contributed by atoms with Gasteiger partial charge in [-0.3, -0.25) is 0 Å². The lowest BCUT2D eigenvalue weighted by molar-refractivity contribution is -0.128. The van der Waals surface area contributed by atoms with E-state index in [2.05, 4.69) is 21.9 Å². The summed E-state index contributed by atoms with van der Waals surface area (Å²) in [6.07, 6.45) is 1.50. The third-order valence-corrected chi connectivity index (χ3v) is 3.06. The fourth-order valence-electron chi connectivity index (χ4n) is 1.71. The molecule has 0 atom stereocenters. The smallest absolute Gasteiger partial charge is 0.318 e. The lowest BCUT2D eigenvalue weighted by atomic mass is 10.2. The van der Waals surface area contributed by atoms with Gasteiger partial charge in [-0.15, -0.1) is 6.42 Å². The normalized spacial score (nSPS) is 11.7. The van der Waals surface area contributed by atoms with Crippen LogP contribution in [0.15, 0.2) is 28.9 Å². The molecule has 0 aliphatic rings. The molecule has 2 aromatic heterocycles. The average molecular weight is 302 g/mol. The molecule has 0 N–H and O–H groups in total. The van der Waals surface area contributed by atoms with Crippen LogP contribution >= 0.6 is 15.9 Å². The number of hydrogen-bond donors (Lipinski definition) is 0. The first-order valence-electron chi connectivity index (χ1n) is 4.74. The van der Waals surface area contributed by atoms with E-state index in [0.29, 0.717) is 9.99 Å². The first-order valence-corrected chi connectivity index (χ1v) is 5.53. The Morgan fingerprint density at radius 3 is 2.71 bits per heavy atom. The van der Waals surface area contributed by atoms with Crippen LogP contribution in [-0.2, 0) is 6.42 Å². The molecule has 0 aromatic carbocycles. The van der Waals surface area contributed by atoms with Gasteiger partial charge in [0.2, 0.25) is 0 Å². The number of pyridine rings is 1.